The van der Waals surface area contributed by atoms with Gasteiger partial charge in [0.1, 0.15) is 11.7 Å². The highest BCUT2D eigenvalue weighted by Gasteiger charge is 2.65. The highest BCUT2D eigenvalue weighted by molar-refractivity contribution is 14.1. The first kappa shape index (κ1) is 28.5. The van der Waals surface area contributed by atoms with Gasteiger partial charge in [-0.1, -0.05) is 0 Å². The number of esters is 2. The number of benzene rings is 1. The summed E-state index contributed by atoms with van der Waals surface area (Å²) in [7, 11) is -6.20. The molecule has 2 bridgehead atoms. The Kier molecular flexibility index (Phi) is 8.10. The van der Waals surface area contributed by atoms with E-state index in [-0.39, 0.29) is 12.8 Å². The highest BCUT2D eigenvalue weighted by atomic mass is 127. The molecule has 0 radical (unpaired) electrons. The average molecular weight is 969 g/mol. The predicted molar refractivity (Wildman–Crippen MR) is 143 cm³/mol. The summed E-state index contributed by atoms with van der Waals surface area (Å²) in [4.78, 5) is 25.3. The lowest BCUT2D eigenvalue weighted by Gasteiger charge is -2.40. The number of alkyl halides is 3. The molecule has 3 aliphatic rings. The Morgan fingerprint density at radius 2 is 1.80 bits per heavy atom. The highest BCUT2D eigenvalue weighted by Crippen LogP contribution is 2.52. The van der Waals surface area contributed by atoms with Crippen LogP contribution in [0.4, 0.5) is 13.2 Å². The van der Waals surface area contributed by atoms with Gasteiger partial charge in [-0.05, 0) is 96.8 Å². The Hall–Kier alpha value is 0.540. The normalized spacial score (nSPS) is 28.5. The van der Waals surface area contributed by atoms with Gasteiger partial charge in [-0.2, -0.15) is 8.78 Å². The molecule has 1 aromatic rings. The van der Waals surface area contributed by atoms with Crippen LogP contribution in [0, 0.1) is 20.2 Å². The van der Waals surface area contributed by atoms with E-state index < -0.39 is 70.4 Å². The fourth-order valence-electron chi connectivity index (χ4n) is 4.08. The molecular formula is C18H12F3I4O9S-. The molecule has 9 nitrogen and oxygen atoms in total. The maximum absolute atomic E-state index is 13.6. The summed E-state index contributed by atoms with van der Waals surface area (Å²) < 4.78 is 97.1. The molecule has 1 aromatic carbocycles. The molecule has 3 heterocycles. The van der Waals surface area contributed by atoms with Crippen molar-refractivity contribution in [1.29, 1.82) is 0 Å². The van der Waals surface area contributed by atoms with Crippen LogP contribution in [0.2, 0.25) is 0 Å². The summed E-state index contributed by atoms with van der Waals surface area (Å²) >= 11 is 8.41. The Bertz CT molecular complexity index is 1210. The molecule has 194 valence electrons. The van der Waals surface area contributed by atoms with E-state index in [0.717, 1.165) is 10.7 Å². The van der Waals surface area contributed by atoms with E-state index >= 15 is 0 Å². The molecule has 1 spiro atoms. The Morgan fingerprint density at radius 3 is 2.37 bits per heavy atom. The van der Waals surface area contributed by atoms with Crippen LogP contribution in [0.5, 0.6) is 5.75 Å². The molecule has 4 rings (SSSR count). The quantitative estimate of drug-likeness (QED) is 0.137. The first-order valence-corrected chi connectivity index (χ1v) is 15.4. The lowest BCUT2D eigenvalue weighted by molar-refractivity contribution is -0.186. The summed E-state index contributed by atoms with van der Waals surface area (Å²) in [5, 5.41) is -5.13. The van der Waals surface area contributed by atoms with Crippen molar-refractivity contribution < 1.29 is 54.7 Å². The number of fused-ring (bicyclic) bond motifs is 4. The first-order chi connectivity index (χ1) is 16.1. The van der Waals surface area contributed by atoms with Crippen LogP contribution >= 0.6 is 90.4 Å². The van der Waals surface area contributed by atoms with Crippen LogP contribution in [0.15, 0.2) is 0 Å². The smallest absolute Gasteiger partial charge is 0.364 e. The molecule has 2 fully saturated rings. The standard InChI is InChI=1S/C18H13F3I4O9S/c19-7(18(20,21)35(28,29)30)1-2-31-15(26)5-3-8-17(4-6(5)32-8)33-14-9(16(27)34-17)10(22)11(23)12(24)13(14)25/h5-8H,1-4H2,(H,28,29,30)/p-1. The fraction of sp³-hybridized carbons (Fsp3) is 0.556. The second kappa shape index (κ2) is 9.93. The lowest BCUT2D eigenvalue weighted by Crippen LogP contribution is -2.54. The number of carbonyl (C=O) groups excluding carboxylic acids is 2. The van der Waals surface area contributed by atoms with Crippen LogP contribution in [-0.4, -0.2) is 60.9 Å². The largest absolute Gasteiger partial charge is 0.743 e. The number of rotatable bonds is 6. The molecule has 0 aliphatic carbocycles. The maximum atomic E-state index is 13.6. The third-order valence-corrected chi connectivity index (χ3v) is 14.1. The zero-order valence-corrected chi connectivity index (χ0v) is 26.3. The first-order valence-electron chi connectivity index (χ1n) is 9.68. The molecule has 0 N–H and O–H groups in total. The summed E-state index contributed by atoms with van der Waals surface area (Å²) in [5.41, 5.74) is 0.307. The van der Waals surface area contributed by atoms with Gasteiger partial charge in [0.15, 0.2) is 22.0 Å². The Labute approximate surface area is 251 Å². The van der Waals surface area contributed by atoms with E-state index in [1.165, 1.54) is 0 Å². The number of ether oxygens (including phenoxy) is 4. The van der Waals surface area contributed by atoms with Crippen LogP contribution in [0.25, 0.3) is 0 Å². The SMILES string of the molecule is O=C1OC2(CC3OC2CC3C(=O)OCCC(F)C(F)(F)S(=O)(=O)[O-])Oc2c(I)c(I)c(I)c(I)c21. The third kappa shape index (κ3) is 4.88. The minimum Gasteiger partial charge on any atom is -0.743 e. The van der Waals surface area contributed by atoms with Gasteiger partial charge in [0.25, 0.3) is 5.79 Å². The van der Waals surface area contributed by atoms with Crippen LogP contribution in [0.3, 0.4) is 0 Å². The van der Waals surface area contributed by atoms with Crippen molar-refractivity contribution in [2.45, 2.75) is 48.7 Å². The van der Waals surface area contributed by atoms with E-state index in [1.807, 2.05) is 22.6 Å². The molecule has 3 aliphatic heterocycles. The van der Waals surface area contributed by atoms with E-state index in [1.54, 1.807) is 0 Å². The van der Waals surface area contributed by atoms with Gasteiger partial charge in [-0.15, -0.1) is 0 Å². The molecule has 5 unspecified atom stereocenters. The van der Waals surface area contributed by atoms with Crippen LogP contribution in [-0.2, 0) is 29.1 Å². The van der Waals surface area contributed by atoms with Gasteiger partial charge >= 0.3 is 17.2 Å². The van der Waals surface area contributed by atoms with Crippen molar-refractivity contribution in [3.05, 3.63) is 19.8 Å². The third-order valence-electron chi connectivity index (χ3n) is 5.82. The summed E-state index contributed by atoms with van der Waals surface area (Å²) in [6.45, 7) is -0.864. The van der Waals surface area contributed by atoms with Gasteiger partial charge in [-0.3, -0.25) is 4.79 Å². The van der Waals surface area contributed by atoms with Crippen molar-refractivity contribution in [2.24, 2.45) is 5.92 Å². The fourth-order valence-corrected chi connectivity index (χ4v) is 7.98. The summed E-state index contributed by atoms with van der Waals surface area (Å²) in [6.07, 6.45) is -6.05. The second-order valence-corrected chi connectivity index (χ2v) is 13.7. The van der Waals surface area contributed by atoms with E-state index in [9.17, 15) is 35.7 Å². The maximum Gasteiger partial charge on any atom is 0.364 e. The average Bonchev–Trinajstić information content (AvgIpc) is 3.32. The zero-order chi connectivity index (χ0) is 26.1. The second-order valence-electron chi connectivity index (χ2n) is 7.91. The number of hydrogen-bond acceptors (Lipinski definition) is 9. The molecule has 2 saturated heterocycles. The van der Waals surface area contributed by atoms with Gasteiger partial charge in [0.2, 0.25) is 0 Å². The van der Waals surface area contributed by atoms with Gasteiger partial charge < -0.3 is 23.5 Å². The Morgan fingerprint density at radius 1 is 1.17 bits per heavy atom. The van der Waals surface area contributed by atoms with Crippen LogP contribution < -0.4 is 4.74 Å². The number of carbonyl (C=O) groups is 2. The molecular weight excluding hydrogens is 957 g/mol. The van der Waals surface area contributed by atoms with E-state index in [2.05, 4.69) is 67.8 Å². The van der Waals surface area contributed by atoms with E-state index in [4.69, 9.17) is 18.9 Å². The lowest BCUT2D eigenvalue weighted by atomic mass is 9.84. The van der Waals surface area contributed by atoms with Crippen molar-refractivity contribution in [3.8, 4) is 5.75 Å². The predicted octanol–water partition coefficient (Wildman–Crippen LogP) is 3.94. The van der Waals surface area contributed by atoms with Crippen molar-refractivity contribution in [3.63, 3.8) is 0 Å². The van der Waals surface area contributed by atoms with Gasteiger partial charge in [-0.25, -0.2) is 17.6 Å². The van der Waals surface area contributed by atoms with Crippen molar-refractivity contribution >= 4 is 112 Å². The monoisotopic (exact) mass is 969 g/mol. The molecule has 0 saturated carbocycles. The minimum absolute atomic E-state index is 0.00999. The molecule has 35 heavy (non-hydrogen) atoms. The number of halogens is 7. The topological polar surface area (TPSA) is 128 Å². The van der Waals surface area contributed by atoms with Crippen molar-refractivity contribution in [2.75, 3.05) is 6.61 Å². The van der Waals surface area contributed by atoms with Gasteiger partial charge in [0.05, 0.1) is 28.6 Å². The van der Waals surface area contributed by atoms with Gasteiger partial charge in [0, 0.05) is 17.1 Å². The van der Waals surface area contributed by atoms with Crippen molar-refractivity contribution in [1.82, 2.24) is 0 Å². The van der Waals surface area contributed by atoms with E-state index in [0.29, 0.717) is 14.9 Å². The molecule has 17 heteroatoms. The zero-order valence-electron chi connectivity index (χ0n) is 16.9. The summed E-state index contributed by atoms with van der Waals surface area (Å²) in [6, 6.07) is 0. The molecule has 0 aromatic heterocycles. The summed E-state index contributed by atoms with van der Waals surface area (Å²) in [5.74, 6) is -3.38. The van der Waals surface area contributed by atoms with Crippen LogP contribution in [0.1, 0.15) is 29.6 Å². The molecule has 0 amide bonds. The number of hydrogen-bond donors (Lipinski definition) is 0. The Balaban J connectivity index is 1.42. The molecule has 5 atom stereocenters. The minimum atomic E-state index is -6.20.